The van der Waals surface area contributed by atoms with Gasteiger partial charge in [0.1, 0.15) is 0 Å². The smallest absolute Gasteiger partial charge is 0.333 e. The van der Waals surface area contributed by atoms with Gasteiger partial charge in [0.15, 0.2) is 0 Å². The maximum atomic E-state index is 12.0. The molecule has 0 saturated heterocycles. The molecule has 0 aliphatic carbocycles. The van der Waals surface area contributed by atoms with Crippen LogP contribution in [0.25, 0.3) is 6.08 Å². The van der Waals surface area contributed by atoms with Gasteiger partial charge in [0.2, 0.25) is 0 Å². The summed E-state index contributed by atoms with van der Waals surface area (Å²) < 4.78 is 35.9. The molecular formula is C11H8F3NO2. The molecule has 0 fully saturated rings. The topological polar surface area (TPSA) is 29.5 Å². The molecule has 0 atom stereocenters. The van der Waals surface area contributed by atoms with Crippen molar-refractivity contribution in [3.05, 3.63) is 41.6 Å². The van der Waals surface area contributed by atoms with Crippen molar-refractivity contribution in [1.29, 1.82) is 0 Å². The Hall–Kier alpha value is -1.98. The van der Waals surface area contributed by atoms with Gasteiger partial charge in [0, 0.05) is 6.20 Å². The van der Waals surface area contributed by atoms with E-state index in [-0.39, 0.29) is 6.54 Å². The third kappa shape index (κ3) is 2.58. The first kappa shape index (κ1) is 11.5. The molecule has 1 aliphatic rings. The normalized spacial score (nSPS) is 14.4. The van der Waals surface area contributed by atoms with Crippen LogP contribution >= 0.6 is 0 Å². The van der Waals surface area contributed by atoms with Crippen LogP contribution in [0.5, 0.6) is 0 Å². The SMILES string of the molecule is O=C(ON1C=Cc2ccccc2C1)C(F)(F)F. The van der Waals surface area contributed by atoms with Gasteiger partial charge in [-0.25, -0.2) is 9.86 Å². The average molecular weight is 243 g/mol. The summed E-state index contributed by atoms with van der Waals surface area (Å²) in [7, 11) is 0. The van der Waals surface area contributed by atoms with Gasteiger partial charge in [-0.15, -0.1) is 0 Å². The summed E-state index contributed by atoms with van der Waals surface area (Å²) in [6.45, 7) is 0.106. The second-order valence-electron chi connectivity index (χ2n) is 3.47. The largest absolute Gasteiger partial charge is 0.493 e. The highest BCUT2D eigenvalue weighted by atomic mass is 19.4. The van der Waals surface area contributed by atoms with E-state index in [1.807, 2.05) is 12.1 Å². The zero-order valence-electron chi connectivity index (χ0n) is 8.57. The van der Waals surface area contributed by atoms with Gasteiger partial charge in [-0.1, -0.05) is 24.3 Å². The lowest BCUT2D eigenvalue weighted by atomic mass is 10.1. The van der Waals surface area contributed by atoms with Crippen molar-refractivity contribution >= 4 is 12.0 Å². The predicted molar refractivity (Wildman–Crippen MR) is 53.2 cm³/mol. The Morgan fingerprint density at radius 3 is 2.71 bits per heavy atom. The summed E-state index contributed by atoms with van der Waals surface area (Å²) in [6.07, 6.45) is -2.10. The molecule has 1 aromatic rings. The number of hydrogen-bond donors (Lipinski definition) is 0. The minimum absolute atomic E-state index is 0.106. The lowest BCUT2D eigenvalue weighted by Crippen LogP contribution is -2.32. The second-order valence-corrected chi connectivity index (χ2v) is 3.47. The summed E-state index contributed by atoms with van der Waals surface area (Å²) in [5.74, 6) is -2.22. The Morgan fingerprint density at radius 2 is 2.00 bits per heavy atom. The van der Waals surface area contributed by atoms with Crippen molar-refractivity contribution in [3.63, 3.8) is 0 Å². The van der Waals surface area contributed by atoms with Crippen LogP contribution in [0.4, 0.5) is 13.2 Å². The molecule has 0 N–H and O–H groups in total. The van der Waals surface area contributed by atoms with E-state index >= 15 is 0 Å². The molecule has 0 spiro atoms. The average Bonchev–Trinajstić information content (AvgIpc) is 2.27. The highest BCUT2D eigenvalue weighted by Gasteiger charge is 2.42. The number of fused-ring (bicyclic) bond motifs is 1. The van der Waals surface area contributed by atoms with Crippen molar-refractivity contribution in [1.82, 2.24) is 5.06 Å². The molecule has 6 heteroatoms. The number of nitrogens with zero attached hydrogens (tertiary/aromatic N) is 1. The summed E-state index contributed by atoms with van der Waals surface area (Å²) in [6, 6.07) is 7.17. The van der Waals surface area contributed by atoms with Crippen LogP contribution in [0.1, 0.15) is 11.1 Å². The van der Waals surface area contributed by atoms with Crippen molar-refractivity contribution in [2.75, 3.05) is 0 Å². The minimum Gasteiger partial charge on any atom is -0.333 e. The van der Waals surface area contributed by atoms with Gasteiger partial charge in [-0.3, -0.25) is 0 Å². The fraction of sp³-hybridized carbons (Fsp3) is 0.182. The first-order valence-corrected chi connectivity index (χ1v) is 4.79. The molecular weight excluding hydrogens is 235 g/mol. The molecule has 1 aromatic carbocycles. The van der Waals surface area contributed by atoms with Gasteiger partial charge in [-0.05, 0) is 17.2 Å². The van der Waals surface area contributed by atoms with E-state index < -0.39 is 12.1 Å². The number of rotatable bonds is 1. The van der Waals surface area contributed by atoms with Crippen LogP contribution in [0, 0.1) is 0 Å². The summed E-state index contributed by atoms with van der Waals surface area (Å²) >= 11 is 0. The standard InChI is InChI=1S/C11H8F3NO2/c12-11(13,14)10(16)17-15-6-5-8-3-1-2-4-9(8)7-15/h1-6H,7H2. The number of hydroxylamine groups is 2. The van der Waals surface area contributed by atoms with Crippen LogP contribution in [0.15, 0.2) is 30.5 Å². The number of alkyl halides is 3. The first-order chi connectivity index (χ1) is 7.97. The molecule has 1 aliphatic heterocycles. The highest BCUT2D eigenvalue weighted by Crippen LogP contribution is 2.22. The monoisotopic (exact) mass is 243 g/mol. The molecule has 2 rings (SSSR count). The van der Waals surface area contributed by atoms with Crippen LogP contribution in [-0.4, -0.2) is 17.2 Å². The number of benzene rings is 1. The maximum absolute atomic E-state index is 12.0. The van der Waals surface area contributed by atoms with Crippen molar-refractivity contribution in [3.8, 4) is 0 Å². The van der Waals surface area contributed by atoms with E-state index in [0.29, 0.717) is 0 Å². The second kappa shape index (κ2) is 4.12. The lowest BCUT2D eigenvalue weighted by molar-refractivity contribution is -0.231. The predicted octanol–water partition coefficient (Wildman–Crippen LogP) is 2.49. The Morgan fingerprint density at radius 1 is 1.29 bits per heavy atom. The zero-order chi connectivity index (χ0) is 12.5. The number of carbonyl (C=O) groups is 1. The van der Waals surface area contributed by atoms with Gasteiger partial charge in [0.05, 0.1) is 6.54 Å². The molecule has 0 saturated carbocycles. The molecule has 90 valence electrons. The van der Waals surface area contributed by atoms with Crippen molar-refractivity contribution in [2.45, 2.75) is 12.7 Å². The maximum Gasteiger partial charge on any atom is 0.493 e. The Bertz CT molecular complexity index is 468. The molecule has 3 nitrogen and oxygen atoms in total. The van der Waals surface area contributed by atoms with Gasteiger partial charge < -0.3 is 4.84 Å². The first-order valence-electron chi connectivity index (χ1n) is 4.79. The van der Waals surface area contributed by atoms with Gasteiger partial charge in [0.25, 0.3) is 0 Å². The Balaban J connectivity index is 2.07. The van der Waals surface area contributed by atoms with E-state index in [4.69, 9.17) is 0 Å². The third-order valence-corrected chi connectivity index (χ3v) is 2.23. The van der Waals surface area contributed by atoms with E-state index in [2.05, 4.69) is 4.84 Å². The fourth-order valence-corrected chi connectivity index (χ4v) is 1.45. The van der Waals surface area contributed by atoms with Crippen molar-refractivity contribution < 1.29 is 22.8 Å². The quantitative estimate of drug-likeness (QED) is 0.759. The Kier molecular flexibility index (Phi) is 2.79. The summed E-state index contributed by atoms with van der Waals surface area (Å²) in [5.41, 5.74) is 1.69. The Labute approximate surface area is 95.0 Å². The van der Waals surface area contributed by atoms with Gasteiger partial charge >= 0.3 is 12.1 Å². The number of hydrogen-bond acceptors (Lipinski definition) is 3. The van der Waals surface area contributed by atoms with E-state index in [0.717, 1.165) is 16.2 Å². The van der Waals surface area contributed by atoms with Crippen LogP contribution in [0.2, 0.25) is 0 Å². The lowest BCUT2D eigenvalue weighted by Gasteiger charge is -2.23. The third-order valence-electron chi connectivity index (χ3n) is 2.23. The van der Waals surface area contributed by atoms with Crippen LogP contribution in [-0.2, 0) is 16.2 Å². The summed E-state index contributed by atoms with van der Waals surface area (Å²) in [5, 5.41) is 0.859. The molecule has 0 radical (unpaired) electrons. The minimum atomic E-state index is -4.98. The fourth-order valence-electron chi connectivity index (χ4n) is 1.45. The van der Waals surface area contributed by atoms with Crippen molar-refractivity contribution in [2.24, 2.45) is 0 Å². The number of halogens is 3. The molecule has 17 heavy (non-hydrogen) atoms. The highest BCUT2D eigenvalue weighted by molar-refractivity contribution is 5.75. The number of carbonyl (C=O) groups excluding carboxylic acids is 1. The van der Waals surface area contributed by atoms with Crippen LogP contribution in [0.3, 0.4) is 0 Å². The summed E-state index contributed by atoms with van der Waals surface area (Å²) in [4.78, 5) is 14.8. The van der Waals surface area contributed by atoms with Gasteiger partial charge in [-0.2, -0.15) is 13.2 Å². The van der Waals surface area contributed by atoms with E-state index in [1.165, 1.54) is 6.20 Å². The molecule has 0 aromatic heterocycles. The van der Waals surface area contributed by atoms with E-state index in [9.17, 15) is 18.0 Å². The molecule has 0 amide bonds. The molecule has 0 unspecified atom stereocenters. The van der Waals surface area contributed by atoms with E-state index in [1.54, 1.807) is 18.2 Å². The van der Waals surface area contributed by atoms with Crippen LogP contribution < -0.4 is 0 Å². The zero-order valence-corrected chi connectivity index (χ0v) is 8.57. The molecule has 1 heterocycles. The molecule has 0 bridgehead atoms.